The normalized spacial score (nSPS) is 17.5. The molecule has 2 aliphatic heterocycles. The molecule has 0 radical (unpaired) electrons. The van der Waals surface area contributed by atoms with Gasteiger partial charge in [-0.1, -0.05) is 42.2 Å². The maximum absolute atomic E-state index is 14.4. The van der Waals surface area contributed by atoms with Gasteiger partial charge in [0.15, 0.2) is 0 Å². The van der Waals surface area contributed by atoms with Crippen LogP contribution >= 0.6 is 24.0 Å². The zero-order valence-electron chi connectivity index (χ0n) is 20.5. The van der Waals surface area contributed by atoms with E-state index in [1.165, 1.54) is 27.1 Å². The number of thiocarbonyl (C=S) groups is 1. The van der Waals surface area contributed by atoms with Crippen molar-refractivity contribution in [1.29, 1.82) is 0 Å². The average Bonchev–Trinajstić information content (AvgIpc) is 3.17. The van der Waals surface area contributed by atoms with Crippen molar-refractivity contribution in [3.63, 3.8) is 0 Å². The number of anilines is 2. The van der Waals surface area contributed by atoms with Gasteiger partial charge in [0.25, 0.3) is 11.5 Å². The molecule has 3 aromatic rings. The summed E-state index contributed by atoms with van der Waals surface area (Å²) in [5.74, 6) is -0.00408. The first-order valence-electron chi connectivity index (χ1n) is 11.9. The van der Waals surface area contributed by atoms with Crippen LogP contribution in [0.15, 0.2) is 52.3 Å². The molecule has 1 aromatic carbocycles. The number of aromatic nitrogens is 2. The molecule has 37 heavy (non-hydrogen) atoms. The second-order valence-corrected chi connectivity index (χ2v) is 10.5. The van der Waals surface area contributed by atoms with Crippen LogP contribution in [0.5, 0.6) is 0 Å². The smallest absolute Gasteiger partial charge is 0.267 e. The molecule has 8 nitrogen and oxygen atoms in total. The van der Waals surface area contributed by atoms with Crippen molar-refractivity contribution in [2.45, 2.75) is 6.92 Å². The topological polar surface area (TPSA) is 70.4 Å². The quantitative estimate of drug-likeness (QED) is 0.349. The minimum atomic E-state index is -0.262. The fraction of sp³-hybridized carbons (Fsp3) is 0.308. The maximum Gasteiger partial charge on any atom is 0.267 e. The Hall–Kier alpha value is -3.28. The summed E-state index contributed by atoms with van der Waals surface area (Å²) in [6.45, 7) is 4.82. The van der Waals surface area contributed by atoms with Gasteiger partial charge in [-0.15, -0.1) is 0 Å². The van der Waals surface area contributed by atoms with E-state index in [4.69, 9.17) is 21.9 Å². The molecule has 0 spiro atoms. The number of benzene rings is 1. The lowest BCUT2D eigenvalue weighted by molar-refractivity contribution is -0.122. The summed E-state index contributed by atoms with van der Waals surface area (Å²) in [4.78, 5) is 37.6. The highest BCUT2D eigenvalue weighted by molar-refractivity contribution is 8.26. The first-order valence-corrected chi connectivity index (χ1v) is 13.1. The van der Waals surface area contributed by atoms with Crippen molar-refractivity contribution in [1.82, 2.24) is 14.3 Å². The van der Waals surface area contributed by atoms with Gasteiger partial charge in [-0.25, -0.2) is 9.37 Å². The molecule has 0 saturated carbocycles. The average molecular weight is 540 g/mol. The van der Waals surface area contributed by atoms with Gasteiger partial charge in [-0.05, 0) is 36.8 Å². The van der Waals surface area contributed by atoms with E-state index in [9.17, 15) is 14.0 Å². The first-order chi connectivity index (χ1) is 17.9. The molecule has 0 bridgehead atoms. The standard InChI is InChI=1S/C26H26FN5O3S2/c1-17-6-5-9-31-22(17)28-23(30-12-10-29(11-13-30)20-8-4-3-7-19(20)27)18(24(31)33)16-21-25(34)32(14-15-35-2)26(36)37-21/h3-9,16H,10-15H2,1-2H3. The summed E-state index contributed by atoms with van der Waals surface area (Å²) in [5.41, 5.74) is 2.05. The molecule has 0 N–H and O–H groups in total. The van der Waals surface area contributed by atoms with E-state index in [2.05, 4.69) is 0 Å². The van der Waals surface area contributed by atoms with E-state index in [1.54, 1.807) is 37.6 Å². The SMILES string of the molecule is COCCN1C(=O)C(=Cc2c(N3CCN(c4ccccc4F)CC3)nc3c(C)cccn3c2=O)SC1=S. The number of hydrogen-bond donors (Lipinski definition) is 0. The number of para-hydroxylation sites is 1. The van der Waals surface area contributed by atoms with Gasteiger partial charge in [0.1, 0.15) is 21.6 Å². The predicted octanol–water partition coefficient (Wildman–Crippen LogP) is 3.32. The van der Waals surface area contributed by atoms with Crippen LogP contribution in [-0.2, 0) is 9.53 Å². The molecule has 0 atom stereocenters. The Labute approximate surface area is 223 Å². The van der Waals surface area contributed by atoms with Crippen molar-refractivity contribution in [3.8, 4) is 0 Å². The van der Waals surface area contributed by atoms with Gasteiger partial charge in [-0.3, -0.25) is 18.9 Å². The molecule has 2 aliphatic rings. The van der Waals surface area contributed by atoms with Crippen LogP contribution in [0, 0.1) is 12.7 Å². The van der Waals surface area contributed by atoms with Crippen LogP contribution < -0.4 is 15.4 Å². The van der Waals surface area contributed by atoms with Gasteiger partial charge in [0.2, 0.25) is 0 Å². The van der Waals surface area contributed by atoms with Crippen molar-refractivity contribution < 1.29 is 13.9 Å². The van der Waals surface area contributed by atoms with Crippen LogP contribution in [0.1, 0.15) is 11.1 Å². The van der Waals surface area contributed by atoms with E-state index in [0.717, 1.165) is 5.56 Å². The van der Waals surface area contributed by atoms with Gasteiger partial charge >= 0.3 is 0 Å². The number of carbonyl (C=O) groups is 1. The van der Waals surface area contributed by atoms with Crippen LogP contribution in [-0.4, -0.2) is 71.0 Å². The second-order valence-electron chi connectivity index (χ2n) is 8.79. The Kier molecular flexibility index (Phi) is 7.27. The number of aryl methyl sites for hydroxylation is 1. The lowest BCUT2D eigenvalue weighted by Gasteiger charge is -2.37. The highest BCUT2D eigenvalue weighted by Gasteiger charge is 2.33. The van der Waals surface area contributed by atoms with E-state index >= 15 is 0 Å². The van der Waals surface area contributed by atoms with E-state index in [0.29, 0.717) is 71.3 Å². The third kappa shape index (κ3) is 4.86. The molecule has 4 heterocycles. The summed E-state index contributed by atoms with van der Waals surface area (Å²) < 4.78 is 21.4. The highest BCUT2D eigenvalue weighted by Crippen LogP contribution is 2.34. The highest BCUT2D eigenvalue weighted by atomic mass is 32.2. The van der Waals surface area contributed by atoms with Gasteiger partial charge in [0, 0.05) is 39.5 Å². The number of thioether (sulfide) groups is 1. The summed E-state index contributed by atoms with van der Waals surface area (Å²) in [6, 6.07) is 10.4. The number of hydrogen-bond acceptors (Lipinski definition) is 8. The molecular weight excluding hydrogens is 513 g/mol. The molecule has 5 rings (SSSR count). The largest absolute Gasteiger partial charge is 0.383 e. The molecule has 11 heteroatoms. The fourth-order valence-electron chi connectivity index (χ4n) is 4.54. The van der Waals surface area contributed by atoms with Crippen LogP contribution in [0.4, 0.5) is 15.9 Å². The Morgan fingerprint density at radius 3 is 2.57 bits per heavy atom. The van der Waals surface area contributed by atoms with E-state index in [-0.39, 0.29) is 17.3 Å². The Balaban J connectivity index is 1.53. The van der Waals surface area contributed by atoms with Crippen LogP contribution in [0.2, 0.25) is 0 Å². The van der Waals surface area contributed by atoms with Crippen molar-refractivity contribution in [2.24, 2.45) is 0 Å². The van der Waals surface area contributed by atoms with Crippen molar-refractivity contribution >= 4 is 57.4 Å². The van der Waals surface area contributed by atoms with E-state index < -0.39 is 0 Å². The third-order valence-corrected chi connectivity index (χ3v) is 7.88. The van der Waals surface area contributed by atoms with Gasteiger partial charge < -0.3 is 14.5 Å². The number of ether oxygens (including phenoxy) is 1. The molecular formula is C26H26FN5O3S2. The number of nitrogens with zero attached hydrogens (tertiary/aromatic N) is 5. The number of amides is 1. The summed E-state index contributed by atoms with van der Waals surface area (Å²) >= 11 is 6.57. The summed E-state index contributed by atoms with van der Waals surface area (Å²) in [5, 5.41) is 0. The molecule has 2 fully saturated rings. The van der Waals surface area contributed by atoms with Crippen LogP contribution in [0.25, 0.3) is 11.7 Å². The van der Waals surface area contributed by atoms with Crippen LogP contribution in [0.3, 0.4) is 0 Å². The lowest BCUT2D eigenvalue weighted by Crippen LogP contribution is -2.47. The number of fused-ring (bicyclic) bond motifs is 1. The molecule has 2 saturated heterocycles. The van der Waals surface area contributed by atoms with Crippen molar-refractivity contribution in [2.75, 3.05) is 56.2 Å². The zero-order valence-corrected chi connectivity index (χ0v) is 22.1. The minimum Gasteiger partial charge on any atom is -0.383 e. The lowest BCUT2D eigenvalue weighted by atomic mass is 10.2. The first kappa shape index (κ1) is 25.4. The number of pyridine rings is 1. The number of methoxy groups -OCH3 is 1. The number of rotatable bonds is 6. The molecule has 0 unspecified atom stereocenters. The Morgan fingerprint density at radius 1 is 1.11 bits per heavy atom. The second kappa shape index (κ2) is 10.6. The number of carbonyl (C=O) groups excluding carboxylic acids is 1. The number of piperazine rings is 1. The van der Waals surface area contributed by atoms with Gasteiger partial charge in [0.05, 0.1) is 29.3 Å². The van der Waals surface area contributed by atoms with Gasteiger partial charge in [-0.2, -0.15) is 0 Å². The summed E-state index contributed by atoms with van der Waals surface area (Å²) in [7, 11) is 1.56. The molecule has 0 aliphatic carbocycles. The molecule has 1 amide bonds. The van der Waals surface area contributed by atoms with E-state index in [1.807, 2.05) is 28.9 Å². The maximum atomic E-state index is 14.4. The Morgan fingerprint density at radius 2 is 1.84 bits per heavy atom. The predicted molar refractivity (Wildman–Crippen MR) is 149 cm³/mol. The molecule has 2 aromatic heterocycles. The monoisotopic (exact) mass is 539 g/mol. The van der Waals surface area contributed by atoms with Crippen molar-refractivity contribution in [3.05, 3.63) is 74.8 Å². The minimum absolute atomic E-state index is 0.254. The number of halogens is 1. The molecule has 192 valence electrons. The third-order valence-electron chi connectivity index (χ3n) is 6.50. The fourth-order valence-corrected chi connectivity index (χ4v) is 5.83. The summed E-state index contributed by atoms with van der Waals surface area (Å²) in [6.07, 6.45) is 3.29. The zero-order chi connectivity index (χ0) is 26.1. The Bertz CT molecular complexity index is 1470.